The highest BCUT2D eigenvalue weighted by atomic mass is 16.3. The van der Waals surface area contributed by atoms with Gasteiger partial charge in [-0.05, 0) is 38.6 Å². The van der Waals surface area contributed by atoms with Gasteiger partial charge in [0.2, 0.25) is 0 Å². The minimum atomic E-state index is 0.534. The van der Waals surface area contributed by atoms with Crippen LogP contribution in [0, 0.1) is 5.92 Å². The number of furan rings is 1. The van der Waals surface area contributed by atoms with Gasteiger partial charge in [0.05, 0.1) is 12.8 Å². The van der Waals surface area contributed by atoms with E-state index in [0.717, 1.165) is 18.8 Å². The Morgan fingerprint density at radius 2 is 2.00 bits per heavy atom. The molecule has 0 aliphatic carbocycles. The molecule has 0 aliphatic heterocycles. The van der Waals surface area contributed by atoms with Crippen LogP contribution in [0.5, 0.6) is 0 Å². The highest BCUT2D eigenvalue weighted by Gasteiger charge is 2.17. The van der Waals surface area contributed by atoms with Crippen molar-refractivity contribution >= 4 is 0 Å². The molecule has 0 saturated carbocycles. The zero-order chi connectivity index (χ0) is 12.8. The van der Waals surface area contributed by atoms with Gasteiger partial charge in [0.1, 0.15) is 5.76 Å². The van der Waals surface area contributed by atoms with Gasteiger partial charge in [-0.2, -0.15) is 0 Å². The Hall–Kier alpha value is -0.800. The van der Waals surface area contributed by atoms with Crippen LogP contribution < -0.4 is 5.32 Å². The summed E-state index contributed by atoms with van der Waals surface area (Å²) in [5.41, 5.74) is 0. The monoisotopic (exact) mass is 238 g/mol. The third-order valence-corrected chi connectivity index (χ3v) is 3.35. The number of hydrogen-bond acceptors (Lipinski definition) is 3. The van der Waals surface area contributed by atoms with Gasteiger partial charge in [0.15, 0.2) is 0 Å². The average molecular weight is 238 g/mol. The van der Waals surface area contributed by atoms with E-state index in [9.17, 15) is 0 Å². The molecule has 0 radical (unpaired) electrons. The summed E-state index contributed by atoms with van der Waals surface area (Å²) in [4.78, 5) is 2.34. The lowest BCUT2D eigenvalue weighted by molar-refractivity contribution is 0.175. The summed E-state index contributed by atoms with van der Waals surface area (Å²) >= 11 is 0. The van der Waals surface area contributed by atoms with Gasteiger partial charge in [-0.25, -0.2) is 0 Å². The van der Waals surface area contributed by atoms with E-state index in [1.165, 1.54) is 0 Å². The third-order valence-electron chi connectivity index (χ3n) is 3.35. The Morgan fingerprint density at radius 1 is 1.29 bits per heavy atom. The number of rotatable bonds is 7. The van der Waals surface area contributed by atoms with E-state index < -0.39 is 0 Å². The van der Waals surface area contributed by atoms with Gasteiger partial charge in [0.25, 0.3) is 0 Å². The Bertz CT molecular complexity index is 295. The molecule has 0 bridgehead atoms. The standard InChI is InChI=1S/C14H26N2O/c1-11(2)15-9-12(3)13(4)16(5)10-14-7-6-8-17-14/h6-8,11-13,15H,9-10H2,1-5H3. The molecule has 3 nitrogen and oxygen atoms in total. The van der Waals surface area contributed by atoms with Gasteiger partial charge in [-0.3, -0.25) is 4.90 Å². The number of hydrogen-bond donors (Lipinski definition) is 1. The van der Waals surface area contributed by atoms with Crippen molar-refractivity contribution in [2.24, 2.45) is 5.92 Å². The minimum absolute atomic E-state index is 0.534. The lowest BCUT2D eigenvalue weighted by Gasteiger charge is -2.29. The van der Waals surface area contributed by atoms with Crippen LogP contribution in [-0.2, 0) is 6.54 Å². The number of nitrogens with zero attached hydrogens (tertiary/aromatic N) is 1. The number of nitrogens with one attached hydrogen (secondary N) is 1. The normalized spacial score (nSPS) is 15.5. The molecule has 1 rings (SSSR count). The first-order valence-corrected chi connectivity index (χ1v) is 6.46. The first-order valence-electron chi connectivity index (χ1n) is 6.46. The quantitative estimate of drug-likeness (QED) is 0.791. The summed E-state index contributed by atoms with van der Waals surface area (Å²) in [7, 11) is 2.15. The predicted octanol–water partition coefficient (Wildman–Crippen LogP) is 2.73. The maximum absolute atomic E-state index is 5.37. The molecule has 0 amide bonds. The highest BCUT2D eigenvalue weighted by Crippen LogP contribution is 2.12. The summed E-state index contributed by atoms with van der Waals surface area (Å²) in [5.74, 6) is 1.65. The zero-order valence-electron chi connectivity index (χ0n) is 11.7. The van der Waals surface area contributed by atoms with Crippen LogP contribution in [0.15, 0.2) is 22.8 Å². The topological polar surface area (TPSA) is 28.4 Å². The second-order valence-electron chi connectivity index (χ2n) is 5.28. The lowest BCUT2D eigenvalue weighted by Crippen LogP contribution is -2.40. The zero-order valence-corrected chi connectivity index (χ0v) is 11.7. The fourth-order valence-electron chi connectivity index (χ4n) is 1.82. The van der Waals surface area contributed by atoms with Crippen LogP contribution in [0.25, 0.3) is 0 Å². The van der Waals surface area contributed by atoms with E-state index in [2.05, 4.69) is 45.0 Å². The Labute approximate surface area is 105 Å². The molecular formula is C14H26N2O. The Morgan fingerprint density at radius 3 is 2.53 bits per heavy atom. The molecule has 0 spiro atoms. The van der Waals surface area contributed by atoms with Crippen LogP contribution in [0.1, 0.15) is 33.5 Å². The van der Waals surface area contributed by atoms with Crippen molar-refractivity contribution < 1.29 is 4.42 Å². The van der Waals surface area contributed by atoms with Crippen molar-refractivity contribution in [2.45, 2.75) is 46.3 Å². The molecule has 1 N–H and O–H groups in total. The molecule has 1 aromatic rings. The molecule has 17 heavy (non-hydrogen) atoms. The molecule has 1 heterocycles. The van der Waals surface area contributed by atoms with Crippen molar-refractivity contribution in [3.8, 4) is 0 Å². The van der Waals surface area contributed by atoms with E-state index in [1.807, 2.05) is 12.1 Å². The second kappa shape index (κ2) is 6.82. The molecule has 0 fully saturated rings. The molecular weight excluding hydrogens is 212 g/mol. The van der Waals surface area contributed by atoms with E-state index in [1.54, 1.807) is 6.26 Å². The van der Waals surface area contributed by atoms with Crippen molar-refractivity contribution in [3.05, 3.63) is 24.2 Å². The fraction of sp³-hybridized carbons (Fsp3) is 0.714. The van der Waals surface area contributed by atoms with Crippen LogP contribution in [0.3, 0.4) is 0 Å². The van der Waals surface area contributed by atoms with Crippen molar-refractivity contribution in [1.82, 2.24) is 10.2 Å². The summed E-state index contributed by atoms with van der Waals surface area (Å²) in [6, 6.07) is 5.06. The van der Waals surface area contributed by atoms with Gasteiger partial charge < -0.3 is 9.73 Å². The molecule has 0 saturated heterocycles. The summed E-state index contributed by atoms with van der Waals surface area (Å²) < 4.78 is 5.37. The highest BCUT2D eigenvalue weighted by molar-refractivity contribution is 4.98. The second-order valence-corrected chi connectivity index (χ2v) is 5.28. The van der Waals surface area contributed by atoms with Crippen molar-refractivity contribution in [3.63, 3.8) is 0 Å². The van der Waals surface area contributed by atoms with Gasteiger partial charge in [-0.1, -0.05) is 20.8 Å². The average Bonchev–Trinajstić information content (AvgIpc) is 2.77. The maximum atomic E-state index is 5.37. The largest absolute Gasteiger partial charge is 0.468 e. The Balaban J connectivity index is 2.37. The smallest absolute Gasteiger partial charge is 0.117 e. The fourth-order valence-corrected chi connectivity index (χ4v) is 1.82. The first kappa shape index (κ1) is 14.3. The van der Waals surface area contributed by atoms with Crippen molar-refractivity contribution in [2.75, 3.05) is 13.6 Å². The van der Waals surface area contributed by atoms with E-state index in [0.29, 0.717) is 18.0 Å². The van der Waals surface area contributed by atoms with E-state index in [4.69, 9.17) is 4.42 Å². The summed E-state index contributed by atoms with van der Waals surface area (Å²) in [6.07, 6.45) is 1.73. The third kappa shape index (κ3) is 4.92. The molecule has 2 atom stereocenters. The molecule has 98 valence electrons. The summed E-state index contributed by atoms with van der Waals surface area (Å²) in [6.45, 7) is 10.9. The SMILES string of the molecule is CC(C)NCC(C)C(C)N(C)Cc1ccco1. The Kier molecular flexibility index (Phi) is 5.72. The van der Waals surface area contributed by atoms with E-state index >= 15 is 0 Å². The maximum Gasteiger partial charge on any atom is 0.117 e. The van der Waals surface area contributed by atoms with Crippen molar-refractivity contribution in [1.29, 1.82) is 0 Å². The van der Waals surface area contributed by atoms with Gasteiger partial charge in [-0.15, -0.1) is 0 Å². The van der Waals surface area contributed by atoms with Crippen LogP contribution in [-0.4, -0.2) is 30.6 Å². The summed E-state index contributed by atoms with van der Waals surface area (Å²) in [5, 5.41) is 3.49. The molecule has 0 aliphatic rings. The predicted molar refractivity (Wildman–Crippen MR) is 71.9 cm³/mol. The minimum Gasteiger partial charge on any atom is -0.468 e. The van der Waals surface area contributed by atoms with Gasteiger partial charge >= 0.3 is 0 Å². The molecule has 3 heteroatoms. The first-order chi connectivity index (χ1) is 8.00. The van der Waals surface area contributed by atoms with Crippen LogP contribution >= 0.6 is 0 Å². The van der Waals surface area contributed by atoms with E-state index in [-0.39, 0.29) is 0 Å². The van der Waals surface area contributed by atoms with Crippen LogP contribution in [0.2, 0.25) is 0 Å². The molecule has 2 unspecified atom stereocenters. The van der Waals surface area contributed by atoms with Crippen LogP contribution in [0.4, 0.5) is 0 Å². The lowest BCUT2D eigenvalue weighted by atomic mass is 10.0. The molecule has 1 aromatic heterocycles. The molecule has 0 aromatic carbocycles. The van der Waals surface area contributed by atoms with Gasteiger partial charge in [0, 0.05) is 12.1 Å².